The highest BCUT2D eigenvalue weighted by atomic mass is 32.2. The van der Waals surface area contributed by atoms with Crippen LogP contribution in [-0.2, 0) is 9.22 Å². The molecule has 4 heteroatoms. The first-order valence-electron chi connectivity index (χ1n) is 3.52. The van der Waals surface area contributed by atoms with Crippen molar-refractivity contribution in [3.05, 3.63) is 29.8 Å². The molecule has 0 aliphatic heterocycles. The molecule has 0 aliphatic carbocycles. The molecule has 0 radical (unpaired) electrons. The number of hydrogen-bond donors (Lipinski definition) is 1. The van der Waals surface area contributed by atoms with Gasteiger partial charge in [0.05, 0.1) is 7.11 Å². The average molecular weight is 185 g/mol. The van der Waals surface area contributed by atoms with Crippen molar-refractivity contribution >= 4 is 17.9 Å². The molecule has 1 aromatic carbocycles. The third kappa shape index (κ3) is 3.13. The molecule has 0 aliphatic rings. The first-order valence-corrected chi connectivity index (χ1v) is 4.26. The predicted molar refractivity (Wildman–Crippen MR) is 50.5 cm³/mol. The normalized spacial score (nSPS) is 9.83. The largest absolute Gasteiger partial charge is 0.304 e. The molecule has 0 spiro atoms. The number of anilines is 1. The van der Waals surface area contributed by atoms with E-state index in [1.165, 1.54) is 12.7 Å². The summed E-state index contributed by atoms with van der Waals surface area (Å²) in [6.45, 7) is 2.03. The van der Waals surface area contributed by atoms with Gasteiger partial charge in [-0.1, -0.05) is 12.1 Å². The highest BCUT2D eigenvalue weighted by Crippen LogP contribution is 2.14. The Hall–Kier alpha value is -0.710. The number of rotatable bonds is 4. The minimum absolute atomic E-state index is 0.997. The summed E-state index contributed by atoms with van der Waals surface area (Å²) in [5, 5.41) is 0. The van der Waals surface area contributed by atoms with E-state index in [0.29, 0.717) is 0 Å². The molecule has 1 N–H and O–H groups in total. The lowest BCUT2D eigenvalue weighted by Gasteiger charge is -2.02. The summed E-state index contributed by atoms with van der Waals surface area (Å²) >= 11 is 1.04. The Labute approximate surface area is 76.3 Å². The van der Waals surface area contributed by atoms with Gasteiger partial charge in [-0.15, -0.1) is 4.33 Å². The molecule has 0 unspecified atom stereocenters. The molecule has 0 bridgehead atoms. The van der Waals surface area contributed by atoms with Crippen LogP contribution in [0.2, 0.25) is 0 Å². The second-order valence-corrected chi connectivity index (χ2v) is 2.80. The summed E-state index contributed by atoms with van der Waals surface area (Å²) in [5.74, 6) is 0. The summed E-state index contributed by atoms with van der Waals surface area (Å²) in [4.78, 5) is 4.39. The fraction of sp³-hybridized carbons (Fsp3) is 0.250. The Morgan fingerprint density at radius 1 is 1.42 bits per heavy atom. The van der Waals surface area contributed by atoms with E-state index in [1.54, 1.807) is 0 Å². The van der Waals surface area contributed by atoms with Crippen molar-refractivity contribution in [3.8, 4) is 0 Å². The summed E-state index contributed by atoms with van der Waals surface area (Å²) < 4.78 is 7.54. The number of nitrogens with one attached hydrogen (secondary N) is 1. The van der Waals surface area contributed by atoms with Gasteiger partial charge in [0.25, 0.3) is 0 Å². The molecule has 12 heavy (non-hydrogen) atoms. The van der Waals surface area contributed by atoms with E-state index >= 15 is 0 Å². The molecule has 0 aromatic heterocycles. The van der Waals surface area contributed by atoms with E-state index < -0.39 is 0 Å². The van der Waals surface area contributed by atoms with Gasteiger partial charge in [0.2, 0.25) is 0 Å². The molecule has 0 saturated carbocycles. The topological polar surface area (TPSA) is 30.5 Å². The lowest BCUT2D eigenvalue weighted by Crippen LogP contribution is -1.88. The molecule has 3 nitrogen and oxygen atoms in total. The Bertz CT molecular complexity index is 242. The maximum absolute atomic E-state index is 4.58. The monoisotopic (exact) mass is 185 g/mol. The molecule has 0 fully saturated rings. The van der Waals surface area contributed by atoms with Crippen LogP contribution in [0.4, 0.5) is 5.69 Å². The van der Waals surface area contributed by atoms with Gasteiger partial charge in [-0.25, -0.2) is 4.89 Å². The summed E-state index contributed by atoms with van der Waals surface area (Å²) in [6.07, 6.45) is 0. The van der Waals surface area contributed by atoms with Crippen LogP contribution in [0.25, 0.3) is 0 Å². The van der Waals surface area contributed by atoms with Crippen molar-refractivity contribution in [2.45, 2.75) is 6.92 Å². The van der Waals surface area contributed by atoms with E-state index in [9.17, 15) is 0 Å². The van der Waals surface area contributed by atoms with Crippen molar-refractivity contribution in [1.82, 2.24) is 0 Å². The van der Waals surface area contributed by atoms with Crippen molar-refractivity contribution in [2.75, 3.05) is 11.8 Å². The van der Waals surface area contributed by atoms with Crippen LogP contribution >= 0.6 is 12.2 Å². The zero-order valence-electron chi connectivity index (χ0n) is 7.03. The average Bonchev–Trinajstić information content (AvgIpc) is 2.05. The zero-order chi connectivity index (χ0) is 8.81. The number of hydrogen-bond acceptors (Lipinski definition) is 4. The van der Waals surface area contributed by atoms with E-state index in [0.717, 1.165) is 17.9 Å². The Kier molecular flexibility index (Phi) is 3.93. The van der Waals surface area contributed by atoms with Gasteiger partial charge in [-0.3, -0.25) is 0 Å². The molecular formula is C8H11NO2S. The third-order valence-corrected chi connectivity index (χ3v) is 1.80. The number of aryl methyl sites for hydroxylation is 1. The van der Waals surface area contributed by atoms with Crippen LogP contribution < -0.4 is 4.72 Å². The maximum atomic E-state index is 4.58. The Morgan fingerprint density at radius 2 is 2.25 bits per heavy atom. The third-order valence-electron chi connectivity index (χ3n) is 1.28. The SMILES string of the molecule is COOSNc1cccc(C)c1. The second-order valence-electron chi connectivity index (χ2n) is 2.29. The number of benzene rings is 1. The summed E-state index contributed by atoms with van der Waals surface area (Å²) in [6, 6.07) is 7.99. The van der Waals surface area contributed by atoms with Gasteiger partial charge in [0, 0.05) is 5.69 Å². The van der Waals surface area contributed by atoms with Crippen molar-refractivity contribution in [2.24, 2.45) is 0 Å². The van der Waals surface area contributed by atoms with E-state index in [1.807, 2.05) is 31.2 Å². The van der Waals surface area contributed by atoms with Crippen molar-refractivity contribution in [1.29, 1.82) is 0 Å². The minimum atomic E-state index is 0.997. The van der Waals surface area contributed by atoms with Gasteiger partial charge in [0.15, 0.2) is 0 Å². The summed E-state index contributed by atoms with van der Waals surface area (Å²) in [7, 11) is 1.46. The Morgan fingerprint density at radius 3 is 2.92 bits per heavy atom. The molecule has 0 atom stereocenters. The predicted octanol–water partition coefficient (Wildman–Crippen LogP) is 2.55. The van der Waals surface area contributed by atoms with Gasteiger partial charge in [0.1, 0.15) is 12.2 Å². The van der Waals surface area contributed by atoms with E-state index in [2.05, 4.69) is 13.9 Å². The van der Waals surface area contributed by atoms with E-state index in [-0.39, 0.29) is 0 Å². The van der Waals surface area contributed by atoms with Crippen LogP contribution in [0, 0.1) is 6.92 Å². The molecule has 66 valence electrons. The molecular weight excluding hydrogens is 174 g/mol. The van der Waals surface area contributed by atoms with Gasteiger partial charge in [-0.05, 0) is 24.6 Å². The van der Waals surface area contributed by atoms with Gasteiger partial charge < -0.3 is 4.72 Å². The van der Waals surface area contributed by atoms with Crippen LogP contribution in [-0.4, -0.2) is 7.11 Å². The van der Waals surface area contributed by atoms with Gasteiger partial charge in [-0.2, -0.15) is 0 Å². The summed E-state index contributed by atoms with van der Waals surface area (Å²) in [5.41, 5.74) is 2.20. The van der Waals surface area contributed by atoms with Crippen LogP contribution in [0.3, 0.4) is 0 Å². The highest BCUT2D eigenvalue weighted by Gasteiger charge is 1.91. The van der Waals surface area contributed by atoms with Crippen LogP contribution in [0.15, 0.2) is 24.3 Å². The molecule has 0 saturated heterocycles. The lowest BCUT2D eigenvalue weighted by atomic mass is 10.2. The first kappa shape index (κ1) is 9.38. The molecule has 0 heterocycles. The highest BCUT2D eigenvalue weighted by molar-refractivity contribution is 7.95. The fourth-order valence-corrected chi connectivity index (χ4v) is 1.13. The Balaban J connectivity index is 2.41. The smallest absolute Gasteiger partial charge is 0.148 e. The maximum Gasteiger partial charge on any atom is 0.148 e. The quantitative estimate of drug-likeness (QED) is 0.257. The van der Waals surface area contributed by atoms with Crippen LogP contribution in [0.5, 0.6) is 0 Å². The van der Waals surface area contributed by atoms with E-state index in [4.69, 9.17) is 0 Å². The van der Waals surface area contributed by atoms with Crippen LogP contribution in [0.1, 0.15) is 5.56 Å². The van der Waals surface area contributed by atoms with Gasteiger partial charge >= 0.3 is 0 Å². The zero-order valence-corrected chi connectivity index (χ0v) is 7.85. The van der Waals surface area contributed by atoms with Crippen molar-refractivity contribution < 1.29 is 9.22 Å². The fourth-order valence-electron chi connectivity index (χ4n) is 0.808. The molecule has 1 rings (SSSR count). The lowest BCUT2D eigenvalue weighted by molar-refractivity contribution is -0.159. The minimum Gasteiger partial charge on any atom is -0.304 e. The standard InChI is InChI=1S/C8H11NO2S/c1-7-4-3-5-8(6-7)9-12-11-10-2/h3-6,9H,1-2H3. The molecule has 0 amide bonds. The van der Waals surface area contributed by atoms with Crippen molar-refractivity contribution in [3.63, 3.8) is 0 Å². The molecule has 1 aromatic rings. The first-order chi connectivity index (χ1) is 5.83. The second kappa shape index (κ2) is 5.03.